The third-order valence-corrected chi connectivity index (χ3v) is 12.2. The Bertz CT molecular complexity index is 3540. The summed E-state index contributed by atoms with van der Waals surface area (Å²) in [4.78, 5) is 2.38. The lowest BCUT2D eigenvalue weighted by atomic mass is 9.97. The fourth-order valence-corrected chi connectivity index (χ4v) is 9.28. The van der Waals surface area contributed by atoms with Gasteiger partial charge in [-0.2, -0.15) is 0 Å². The van der Waals surface area contributed by atoms with Crippen molar-refractivity contribution in [2.24, 2.45) is 0 Å². The number of aromatic nitrogens is 1. The van der Waals surface area contributed by atoms with E-state index in [0.29, 0.717) is 0 Å². The highest BCUT2D eigenvalue weighted by atomic mass is 16.3. The van der Waals surface area contributed by atoms with E-state index in [-0.39, 0.29) is 0 Å². The Kier molecular flexibility index (Phi) is 8.17. The Morgan fingerprint density at radius 3 is 1.66 bits per heavy atom. The molecule has 12 rings (SSSR count). The van der Waals surface area contributed by atoms with Crippen molar-refractivity contribution >= 4 is 71.6 Å². The average Bonchev–Trinajstić information content (AvgIpc) is 3.88. The van der Waals surface area contributed by atoms with Crippen molar-refractivity contribution in [2.75, 3.05) is 4.90 Å². The van der Waals surface area contributed by atoms with Gasteiger partial charge in [0.1, 0.15) is 11.2 Å². The zero-order chi connectivity index (χ0) is 40.3. The van der Waals surface area contributed by atoms with E-state index in [1.807, 2.05) is 6.07 Å². The van der Waals surface area contributed by atoms with Gasteiger partial charge >= 0.3 is 0 Å². The molecule has 0 unspecified atom stereocenters. The van der Waals surface area contributed by atoms with Crippen LogP contribution in [0.1, 0.15) is 0 Å². The van der Waals surface area contributed by atoms with Gasteiger partial charge in [0.2, 0.25) is 0 Å². The summed E-state index contributed by atoms with van der Waals surface area (Å²) >= 11 is 0. The largest absolute Gasteiger partial charge is 0.455 e. The van der Waals surface area contributed by atoms with E-state index in [1.165, 1.54) is 49.3 Å². The minimum Gasteiger partial charge on any atom is -0.455 e. The Balaban J connectivity index is 0.990. The molecule has 3 nitrogen and oxygen atoms in total. The number of rotatable bonds is 7. The molecule has 0 bridgehead atoms. The topological polar surface area (TPSA) is 21.3 Å². The molecule has 0 radical (unpaired) electrons. The van der Waals surface area contributed by atoms with Crippen LogP contribution in [-0.4, -0.2) is 4.57 Å². The van der Waals surface area contributed by atoms with Crippen LogP contribution in [0.2, 0.25) is 0 Å². The molecule has 12 aromatic rings. The highest BCUT2D eigenvalue weighted by molar-refractivity contribution is 6.11. The molecule has 2 heterocycles. The maximum atomic E-state index is 6.62. The summed E-state index contributed by atoms with van der Waals surface area (Å²) in [6, 6.07) is 82.9. The molecule has 10 aromatic carbocycles. The van der Waals surface area contributed by atoms with Crippen LogP contribution in [0.3, 0.4) is 0 Å². The summed E-state index contributed by atoms with van der Waals surface area (Å²) in [5.74, 6) is 0. The summed E-state index contributed by atoms with van der Waals surface area (Å²) in [7, 11) is 0. The number of anilines is 3. The van der Waals surface area contributed by atoms with Crippen molar-refractivity contribution in [3.63, 3.8) is 0 Å². The van der Waals surface area contributed by atoms with Crippen molar-refractivity contribution < 1.29 is 4.42 Å². The predicted molar refractivity (Wildman–Crippen MR) is 257 cm³/mol. The second kappa shape index (κ2) is 14.3. The SMILES string of the molecule is c1cc(-c2ccc(N(c3ccc(-n4c5ccccc5c5ccccc54)cc3)c3ccccc3-c3cccc4c3oc3ccccc34)cc2)cc(-c2ccc3ccccc3c2)c1. The lowest BCUT2D eigenvalue weighted by molar-refractivity contribution is 0.670. The number of hydrogen-bond donors (Lipinski definition) is 0. The van der Waals surface area contributed by atoms with Gasteiger partial charge in [-0.05, 0) is 106 Å². The van der Waals surface area contributed by atoms with E-state index in [9.17, 15) is 0 Å². The summed E-state index contributed by atoms with van der Waals surface area (Å²) < 4.78 is 8.99. The monoisotopic (exact) mass is 778 g/mol. The van der Waals surface area contributed by atoms with Gasteiger partial charge < -0.3 is 13.9 Å². The number of hydrogen-bond acceptors (Lipinski definition) is 2. The molecule has 0 fully saturated rings. The molecule has 61 heavy (non-hydrogen) atoms. The second-order valence-electron chi connectivity index (χ2n) is 15.7. The van der Waals surface area contributed by atoms with Crippen LogP contribution < -0.4 is 4.90 Å². The van der Waals surface area contributed by atoms with E-state index >= 15 is 0 Å². The van der Waals surface area contributed by atoms with E-state index in [4.69, 9.17) is 4.42 Å². The van der Waals surface area contributed by atoms with Crippen LogP contribution in [-0.2, 0) is 0 Å². The molecule has 0 aliphatic heterocycles. The van der Waals surface area contributed by atoms with Crippen LogP contribution in [0.4, 0.5) is 17.1 Å². The number of benzene rings is 10. The molecule has 0 N–H and O–H groups in total. The van der Waals surface area contributed by atoms with Crippen molar-refractivity contribution in [3.05, 3.63) is 231 Å². The zero-order valence-corrected chi connectivity index (χ0v) is 33.2. The molecular weight excluding hydrogens is 741 g/mol. The Morgan fingerprint density at radius 1 is 0.344 bits per heavy atom. The van der Waals surface area contributed by atoms with Crippen LogP contribution >= 0.6 is 0 Å². The highest BCUT2D eigenvalue weighted by Gasteiger charge is 2.21. The molecule has 0 saturated carbocycles. The summed E-state index contributed by atoms with van der Waals surface area (Å²) in [5.41, 5.74) is 15.3. The Hall–Kier alpha value is -8.14. The molecule has 0 atom stereocenters. The first-order chi connectivity index (χ1) is 30.2. The first-order valence-corrected chi connectivity index (χ1v) is 20.8. The molecule has 2 aromatic heterocycles. The molecule has 3 heteroatoms. The number of para-hydroxylation sites is 5. The predicted octanol–water partition coefficient (Wildman–Crippen LogP) is 16.3. The lowest BCUT2D eigenvalue weighted by Gasteiger charge is -2.28. The van der Waals surface area contributed by atoms with Crippen LogP contribution in [0.5, 0.6) is 0 Å². The number of fused-ring (bicyclic) bond motifs is 7. The van der Waals surface area contributed by atoms with Gasteiger partial charge in [0.25, 0.3) is 0 Å². The van der Waals surface area contributed by atoms with Gasteiger partial charge in [0.05, 0.1) is 16.7 Å². The van der Waals surface area contributed by atoms with Gasteiger partial charge in [-0.25, -0.2) is 0 Å². The van der Waals surface area contributed by atoms with Crippen molar-refractivity contribution in [1.29, 1.82) is 0 Å². The summed E-state index contributed by atoms with van der Waals surface area (Å²) in [6.45, 7) is 0. The third-order valence-electron chi connectivity index (χ3n) is 12.2. The summed E-state index contributed by atoms with van der Waals surface area (Å²) in [6.07, 6.45) is 0. The quantitative estimate of drug-likeness (QED) is 0.161. The number of furan rings is 1. The summed E-state index contributed by atoms with van der Waals surface area (Å²) in [5, 5.41) is 7.23. The third kappa shape index (κ3) is 5.90. The fourth-order valence-electron chi connectivity index (χ4n) is 9.28. The van der Waals surface area contributed by atoms with Crippen LogP contribution in [0.15, 0.2) is 235 Å². The minimum absolute atomic E-state index is 0.888. The normalized spacial score (nSPS) is 11.6. The Labute approximate surface area is 353 Å². The van der Waals surface area contributed by atoms with Gasteiger partial charge in [-0.15, -0.1) is 0 Å². The molecule has 0 saturated heterocycles. The van der Waals surface area contributed by atoms with Crippen molar-refractivity contribution in [2.45, 2.75) is 0 Å². The van der Waals surface area contributed by atoms with Crippen LogP contribution in [0, 0.1) is 0 Å². The van der Waals surface area contributed by atoms with Gasteiger partial charge in [0, 0.05) is 49.7 Å². The minimum atomic E-state index is 0.888. The van der Waals surface area contributed by atoms with E-state index < -0.39 is 0 Å². The molecule has 0 aliphatic carbocycles. The molecule has 286 valence electrons. The Morgan fingerprint density at radius 2 is 0.885 bits per heavy atom. The van der Waals surface area contributed by atoms with Gasteiger partial charge in [-0.3, -0.25) is 0 Å². The smallest absolute Gasteiger partial charge is 0.143 e. The van der Waals surface area contributed by atoms with E-state index in [1.54, 1.807) is 0 Å². The van der Waals surface area contributed by atoms with E-state index in [0.717, 1.165) is 61.4 Å². The zero-order valence-electron chi connectivity index (χ0n) is 33.2. The maximum Gasteiger partial charge on any atom is 0.143 e. The van der Waals surface area contributed by atoms with Crippen molar-refractivity contribution in [3.8, 4) is 39.1 Å². The molecule has 0 spiro atoms. The number of nitrogens with zero attached hydrogens (tertiary/aromatic N) is 2. The van der Waals surface area contributed by atoms with Crippen LogP contribution in [0.25, 0.3) is 93.6 Å². The maximum absolute atomic E-state index is 6.62. The molecule has 0 amide bonds. The van der Waals surface area contributed by atoms with Crippen molar-refractivity contribution in [1.82, 2.24) is 4.57 Å². The molecular formula is C58H38N2O. The first kappa shape index (κ1) is 34.9. The van der Waals surface area contributed by atoms with E-state index in [2.05, 4.69) is 234 Å². The highest BCUT2D eigenvalue weighted by Crippen LogP contribution is 2.45. The standard InChI is InChI=1S/C58H38N2O/c1-2-14-41-38-44(28-27-39(41)13-1)43-16-11-15-42(37-43)40-29-31-45(32-30-40)59(46-33-35-47(36-34-46)60-55-24-8-3-17-48(55)49-18-4-9-25-56(49)60)54-23-7-5-19-50(54)52-21-12-22-53-51-20-6-10-26-57(51)61-58(52)53/h1-38H. The second-order valence-corrected chi connectivity index (χ2v) is 15.7. The van der Waals surface area contributed by atoms with Gasteiger partial charge in [0.15, 0.2) is 0 Å². The average molecular weight is 779 g/mol. The first-order valence-electron chi connectivity index (χ1n) is 20.8. The lowest BCUT2D eigenvalue weighted by Crippen LogP contribution is -2.11. The van der Waals surface area contributed by atoms with Gasteiger partial charge in [-0.1, -0.05) is 158 Å². The fraction of sp³-hybridized carbons (Fsp3) is 0. The molecule has 0 aliphatic rings.